The van der Waals surface area contributed by atoms with Gasteiger partial charge >= 0.3 is 17.9 Å². The molecule has 2 fully saturated rings. The summed E-state index contributed by atoms with van der Waals surface area (Å²) in [5, 5.41) is 99.8. The van der Waals surface area contributed by atoms with Crippen molar-refractivity contribution in [3.63, 3.8) is 0 Å². The Morgan fingerprint density at radius 1 is 0.842 bits per heavy atom. The van der Waals surface area contributed by atoms with E-state index < -0.39 is 110 Å². The topological polar surface area (TPSA) is 320 Å². The van der Waals surface area contributed by atoms with Crippen LogP contribution in [0.15, 0.2) is 0 Å². The molecule has 0 unspecified atom stereocenters. The fourth-order valence-electron chi connectivity index (χ4n) is 3.81. The van der Waals surface area contributed by atoms with Crippen LogP contribution in [-0.4, -0.2) is 161 Å². The van der Waals surface area contributed by atoms with Crippen molar-refractivity contribution in [2.45, 2.75) is 86.6 Å². The number of aliphatic carboxylic acids is 3. The van der Waals surface area contributed by atoms with Gasteiger partial charge in [-0.15, -0.1) is 0 Å². The second-order valence-electron chi connectivity index (χ2n) is 8.45. The summed E-state index contributed by atoms with van der Waals surface area (Å²) in [5.74, 6) is -6.71. The summed E-state index contributed by atoms with van der Waals surface area (Å²) >= 11 is 0. The van der Waals surface area contributed by atoms with Gasteiger partial charge in [0, 0.05) is 6.92 Å². The van der Waals surface area contributed by atoms with E-state index in [1.54, 1.807) is 0 Å². The number of hydrogen-bond donors (Lipinski definition) is 11. The third-order valence-corrected chi connectivity index (χ3v) is 5.75. The Morgan fingerprint density at radius 3 is 1.84 bits per heavy atom. The van der Waals surface area contributed by atoms with E-state index in [1.807, 2.05) is 0 Å². The molecule has 19 heteroatoms. The molecular weight excluding hydrogens is 530 g/mol. The van der Waals surface area contributed by atoms with Gasteiger partial charge in [-0.3, -0.25) is 4.79 Å². The molecule has 0 aliphatic carbocycles. The molecule has 0 radical (unpaired) electrons. The first-order chi connectivity index (χ1) is 17.6. The molecule has 2 rings (SSSR count). The van der Waals surface area contributed by atoms with E-state index in [9.17, 15) is 60.0 Å². The molecule has 0 bridgehead atoms. The number of ether oxygens (including phenoxy) is 4. The Labute approximate surface area is 212 Å². The third kappa shape index (κ3) is 6.90. The maximum atomic E-state index is 11.9. The predicted octanol–water partition coefficient (Wildman–Crippen LogP) is -6.88. The van der Waals surface area contributed by atoms with Crippen molar-refractivity contribution in [3.8, 4) is 0 Å². The standard InChI is InChI=1S/C19H29NO18/c1-3(22)20-5-12(36-19-9(26)7(24)8(25)14(38-19)17(33)34)6(23)4(2-21)35-18(5)37-13(10(27)15(29)30)11(28)16(31)32/h4-14,18-19,21,23-28H,2H2,1H3,(H,20,22)(H,29,30)(H,31,32)(H,33,34)/t4-,5-,6-,7+,8+,9-,10+,11+,12-,14+,18+,19-/m1/s1. The van der Waals surface area contributed by atoms with E-state index in [4.69, 9.17) is 29.2 Å². The zero-order chi connectivity index (χ0) is 29.1. The van der Waals surface area contributed by atoms with Crippen molar-refractivity contribution >= 4 is 23.8 Å². The summed E-state index contributed by atoms with van der Waals surface area (Å²) in [6.45, 7) is -0.0602. The van der Waals surface area contributed by atoms with Crippen molar-refractivity contribution in [3.05, 3.63) is 0 Å². The van der Waals surface area contributed by atoms with Gasteiger partial charge in [0.05, 0.1) is 6.61 Å². The number of carbonyl (C=O) groups excluding carboxylic acids is 1. The average molecular weight is 559 g/mol. The number of carbonyl (C=O) groups is 4. The van der Waals surface area contributed by atoms with Gasteiger partial charge in [-0.05, 0) is 0 Å². The van der Waals surface area contributed by atoms with Crippen LogP contribution in [0.5, 0.6) is 0 Å². The second kappa shape index (κ2) is 13.0. The van der Waals surface area contributed by atoms with Gasteiger partial charge in [-0.25, -0.2) is 14.4 Å². The van der Waals surface area contributed by atoms with E-state index in [0.717, 1.165) is 6.92 Å². The summed E-state index contributed by atoms with van der Waals surface area (Å²) < 4.78 is 20.9. The number of hydrogen-bond acceptors (Lipinski definition) is 15. The summed E-state index contributed by atoms with van der Waals surface area (Å²) in [5.41, 5.74) is 0. The molecule has 0 aromatic heterocycles. The number of rotatable bonds is 11. The van der Waals surface area contributed by atoms with Crippen LogP contribution in [-0.2, 0) is 38.1 Å². The minimum Gasteiger partial charge on any atom is -0.479 e. The molecule has 19 nitrogen and oxygen atoms in total. The van der Waals surface area contributed by atoms with Gasteiger partial charge in [0.1, 0.15) is 48.8 Å². The molecule has 2 aliphatic rings. The lowest BCUT2D eigenvalue weighted by molar-refractivity contribution is -0.346. The van der Waals surface area contributed by atoms with E-state index in [2.05, 4.69) is 5.32 Å². The summed E-state index contributed by atoms with van der Waals surface area (Å²) in [4.78, 5) is 45.8. The molecule has 0 saturated carbocycles. The Bertz CT molecular complexity index is 851. The first-order valence-electron chi connectivity index (χ1n) is 10.9. The molecule has 11 N–H and O–H groups in total. The minimum atomic E-state index is -2.67. The number of aliphatic hydroxyl groups excluding tert-OH is 7. The molecule has 2 heterocycles. The van der Waals surface area contributed by atoms with Crippen molar-refractivity contribution in [1.82, 2.24) is 5.32 Å². The number of amides is 1. The normalized spacial score (nSPS) is 37.3. The van der Waals surface area contributed by atoms with E-state index in [-0.39, 0.29) is 0 Å². The molecule has 2 saturated heterocycles. The highest BCUT2D eigenvalue weighted by Crippen LogP contribution is 2.31. The highest BCUT2D eigenvalue weighted by atomic mass is 16.7. The first kappa shape index (κ1) is 31.7. The maximum Gasteiger partial charge on any atom is 0.335 e. The van der Waals surface area contributed by atoms with Crippen molar-refractivity contribution in [2.24, 2.45) is 0 Å². The third-order valence-electron chi connectivity index (χ3n) is 5.75. The molecule has 2 aliphatic heterocycles. The summed E-state index contributed by atoms with van der Waals surface area (Å²) in [6, 6.07) is -1.79. The van der Waals surface area contributed by atoms with Gasteiger partial charge in [-0.2, -0.15) is 0 Å². The van der Waals surface area contributed by atoms with Crippen LogP contribution in [0.1, 0.15) is 6.92 Å². The van der Waals surface area contributed by atoms with Gasteiger partial charge in [0.15, 0.2) is 30.9 Å². The van der Waals surface area contributed by atoms with Gasteiger partial charge < -0.3 is 75.3 Å². The summed E-state index contributed by atoms with van der Waals surface area (Å²) in [6.07, 6.45) is -26.0. The Morgan fingerprint density at radius 2 is 1.39 bits per heavy atom. The quantitative estimate of drug-likeness (QED) is 0.112. The van der Waals surface area contributed by atoms with Gasteiger partial charge in [-0.1, -0.05) is 0 Å². The van der Waals surface area contributed by atoms with E-state index >= 15 is 0 Å². The lowest BCUT2D eigenvalue weighted by Crippen LogP contribution is -2.69. The Balaban J connectivity index is 2.46. The molecule has 38 heavy (non-hydrogen) atoms. The Kier molecular flexibility index (Phi) is 10.8. The zero-order valence-electron chi connectivity index (χ0n) is 19.5. The Hall–Kier alpha value is -2.56. The zero-order valence-corrected chi connectivity index (χ0v) is 19.5. The smallest absolute Gasteiger partial charge is 0.335 e. The number of carboxylic acid groups (broad SMARTS) is 3. The van der Waals surface area contributed by atoms with Crippen LogP contribution in [0, 0.1) is 0 Å². The largest absolute Gasteiger partial charge is 0.479 e. The predicted molar refractivity (Wildman–Crippen MR) is 111 cm³/mol. The highest BCUT2D eigenvalue weighted by molar-refractivity contribution is 5.77. The van der Waals surface area contributed by atoms with E-state index in [1.165, 1.54) is 0 Å². The molecule has 1 amide bonds. The minimum absolute atomic E-state index is 0.881. The van der Waals surface area contributed by atoms with Crippen LogP contribution in [0.2, 0.25) is 0 Å². The second-order valence-corrected chi connectivity index (χ2v) is 8.45. The van der Waals surface area contributed by atoms with Crippen LogP contribution in [0.4, 0.5) is 0 Å². The highest BCUT2D eigenvalue weighted by Gasteiger charge is 2.54. The first-order valence-corrected chi connectivity index (χ1v) is 10.9. The molecule has 12 atom stereocenters. The SMILES string of the molecule is CC(=O)N[C@H]1[C@H](OC([C@H](O)C(=O)O)[C@H](O)C(=O)O)O[C@H](CO)[C@@H](O)[C@@H]1O[C@@H]1O[C@H](C(=O)O)[C@@H](O)[C@H](O)[C@H]1O. The molecule has 0 aromatic rings. The molecule has 0 spiro atoms. The van der Waals surface area contributed by atoms with Crippen molar-refractivity contribution < 1.29 is 89.2 Å². The fourth-order valence-corrected chi connectivity index (χ4v) is 3.81. The van der Waals surface area contributed by atoms with Crippen LogP contribution >= 0.6 is 0 Å². The summed E-state index contributed by atoms with van der Waals surface area (Å²) in [7, 11) is 0. The molecule has 218 valence electrons. The van der Waals surface area contributed by atoms with Gasteiger partial charge in [0.2, 0.25) is 5.91 Å². The maximum absolute atomic E-state index is 11.9. The van der Waals surface area contributed by atoms with Crippen LogP contribution in [0.3, 0.4) is 0 Å². The monoisotopic (exact) mass is 559 g/mol. The van der Waals surface area contributed by atoms with E-state index in [0.29, 0.717) is 0 Å². The molecule has 0 aromatic carbocycles. The fraction of sp³-hybridized carbons (Fsp3) is 0.789. The lowest BCUT2D eigenvalue weighted by Gasteiger charge is -2.47. The number of aliphatic hydroxyl groups is 7. The van der Waals surface area contributed by atoms with Crippen molar-refractivity contribution in [1.29, 1.82) is 0 Å². The van der Waals surface area contributed by atoms with Crippen LogP contribution in [0.25, 0.3) is 0 Å². The number of nitrogens with one attached hydrogen (secondary N) is 1. The lowest BCUT2D eigenvalue weighted by atomic mass is 9.95. The average Bonchev–Trinajstić information content (AvgIpc) is 2.84. The number of carboxylic acids is 3. The van der Waals surface area contributed by atoms with Crippen LogP contribution < -0.4 is 5.32 Å². The van der Waals surface area contributed by atoms with Gasteiger partial charge in [0.25, 0.3) is 0 Å². The molecular formula is C19H29NO18. The van der Waals surface area contributed by atoms with Crippen molar-refractivity contribution in [2.75, 3.05) is 6.61 Å².